The largest absolute Gasteiger partial charge is 0.269 e. The Morgan fingerprint density at radius 3 is 2.75 bits per heavy atom. The predicted molar refractivity (Wildman–Crippen MR) is 58.9 cm³/mol. The molecule has 16 heavy (non-hydrogen) atoms. The van der Waals surface area contributed by atoms with Crippen LogP contribution >= 0.6 is 0 Å². The molecule has 4 heteroatoms. The lowest BCUT2D eigenvalue weighted by Gasteiger charge is -2.32. The number of hydrogen-bond acceptors (Lipinski definition) is 3. The molecule has 1 aliphatic carbocycles. The zero-order valence-corrected chi connectivity index (χ0v) is 9.01. The number of rotatable bonds is 2. The van der Waals surface area contributed by atoms with Gasteiger partial charge in [0.2, 0.25) is 0 Å². The molecule has 0 spiro atoms. The summed E-state index contributed by atoms with van der Waals surface area (Å²) in [5.41, 5.74) is 2.12. The van der Waals surface area contributed by atoms with Crippen molar-refractivity contribution in [2.75, 3.05) is 0 Å². The normalized spacial score (nSPS) is 23.2. The number of aryl methyl sites for hydroxylation is 1. The minimum absolute atomic E-state index is 0.0284. The summed E-state index contributed by atoms with van der Waals surface area (Å²) in [6.45, 7) is 1.94. The summed E-state index contributed by atoms with van der Waals surface area (Å²) in [6.07, 6.45) is 1.86. The van der Waals surface area contributed by atoms with E-state index in [0.717, 1.165) is 24.0 Å². The molecule has 0 heterocycles. The highest BCUT2D eigenvalue weighted by Gasteiger charge is 2.33. The van der Waals surface area contributed by atoms with Crippen LogP contribution in [0.15, 0.2) is 18.2 Å². The Morgan fingerprint density at radius 1 is 1.50 bits per heavy atom. The summed E-state index contributed by atoms with van der Waals surface area (Å²) in [5.74, 6) is 0.214. The van der Waals surface area contributed by atoms with Gasteiger partial charge in [0.15, 0.2) is 0 Å². The average molecular weight is 216 g/mol. The van der Waals surface area contributed by atoms with Crippen LogP contribution in [0.25, 0.3) is 0 Å². The quantitative estimate of drug-likeness (QED) is 0.563. The molecular formula is C12H12N2O2. The van der Waals surface area contributed by atoms with Gasteiger partial charge in [-0.15, -0.1) is 0 Å². The SMILES string of the molecule is Cc1ccc([N+](=O)[O-])cc1[C@@H]1CC[C@H]1C#N. The van der Waals surface area contributed by atoms with Crippen molar-refractivity contribution in [2.24, 2.45) is 5.92 Å². The fourth-order valence-electron chi connectivity index (χ4n) is 2.17. The van der Waals surface area contributed by atoms with Crippen molar-refractivity contribution in [2.45, 2.75) is 25.7 Å². The van der Waals surface area contributed by atoms with Crippen LogP contribution < -0.4 is 0 Å². The molecule has 0 bridgehead atoms. The van der Waals surface area contributed by atoms with Gasteiger partial charge in [0.25, 0.3) is 5.69 Å². The second-order valence-electron chi connectivity index (χ2n) is 4.22. The van der Waals surface area contributed by atoms with Crippen molar-refractivity contribution in [3.8, 4) is 6.07 Å². The fourth-order valence-corrected chi connectivity index (χ4v) is 2.17. The lowest BCUT2D eigenvalue weighted by Crippen LogP contribution is -2.23. The zero-order chi connectivity index (χ0) is 11.7. The molecule has 0 unspecified atom stereocenters. The molecule has 1 aliphatic rings. The molecule has 2 atom stereocenters. The molecule has 0 radical (unpaired) electrons. The maximum absolute atomic E-state index is 10.7. The van der Waals surface area contributed by atoms with E-state index in [1.165, 1.54) is 6.07 Å². The molecule has 1 fully saturated rings. The van der Waals surface area contributed by atoms with E-state index in [0.29, 0.717) is 0 Å². The molecule has 2 rings (SSSR count). The number of hydrogen-bond donors (Lipinski definition) is 0. The monoisotopic (exact) mass is 216 g/mol. The molecule has 0 aliphatic heterocycles. The molecule has 0 N–H and O–H groups in total. The third kappa shape index (κ3) is 1.65. The Labute approximate surface area is 93.7 Å². The third-order valence-electron chi connectivity index (χ3n) is 3.31. The fraction of sp³-hybridized carbons (Fsp3) is 0.417. The number of benzene rings is 1. The zero-order valence-electron chi connectivity index (χ0n) is 9.01. The van der Waals surface area contributed by atoms with Crippen molar-refractivity contribution in [1.82, 2.24) is 0 Å². The smallest absolute Gasteiger partial charge is 0.258 e. The van der Waals surface area contributed by atoms with Crippen molar-refractivity contribution in [3.63, 3.8) is 0 Å². The number of non-ortho nitro benzene ring substituents is 1. The second kappa shape index (κ2) is 3.93. The maximum atomic E-state index is 10.7. The van der Waals surface area contributed by atoms with Crippen LogP contribution in [0.2, 0.25) is 0 Å². The van der Waals surface area contributed by atoms with Crippen molar-refractivity contribution in [1.29, 1.82) is 5.26 Å². The molecule has 0 saturated heterocycles. The first-order valence-corrected chi connectivity index (χ1v) is 5.28. The van der Waals surface area contributed by atoms with Crippen LogP contribution in [0, 0.1) is 34.3 Å². The molecule has 1 saturated carbocycles. The van der Waals surface area contributed by atoms with Crippen LogP contribution in [0.1, 0.15) is 29.9 Å². The molecule has 0 amide bonds. The van der Waals surface area contributed by atoms with Gasteiger partial charge < -0.3 is 0 Å². The van der Waals surface area contributed by atoms with Crippen LogP contribution in [-0.2, 0) is 0 Å². The van der Waals surface area contributed by atoms with Gasteiger partial charge in [-0.2, -0.15) is 5.26 Å². The lowest BCUT2D eigenvalue weighted by molar-refractivity contribution is -0.385. The molecule has 1 aromatic rings. The van der Waals surface area contributed by atoms with Gasteiger partial charge in [0.1, 0.15) is 0 Å². The van der Waals surface area contributed by atoms with Crippen LogP contribution in [-0.4, -0.2) is 4.92 Å². The van der Waals surface area contributed by atoms with E-state index < -0.39 is 0 Å². The van der Waals surface area contributed by atoms with Crippen molar-refractivity contribution < 1.29 is 4.92 Å². The predicted octanol–water partition coefficient (Wildman–Crippen LogP) is 2.92. The first-order valence-electron chi connectivity index (χ1n) is 5.28. The summed E-state index contributed by atoms with van der Waals surface area (Å²) in [7, 11) is 0. The Morgan fingerprint density at radius 2 is 2.25 bits per heavy atom. The van der Waals surface area contributed by atoms with E-state index in [-0.39, 0.29) is 22.4 Å². The third-order valence-corrected chi connectivity index (χ3v) is 3.31. The summed E-state index contributed by atoms with van der Waals surface area (Å²) in [5, 5.41) is 19.6. The number of nitro benzene ring substituents is 1. The highest BCUT2D eigenvalue weighted by Crippen LogP contribution is 2.43. The van der Waals surface area contributed by atoms with E-state index in [1.54, 1.807) is 12.1 Å². The molecule has 1 aromatic carbocycles. The van der Waals surface area contributed by atoms with Gasteiger partial charge in [-0.1, -0.05) is 6.07 Å². The maximum Gasteiger partial charge on any atom is 0.269 e. The minimum atomic E-state index is -0.386. The molecule has 4 nitrogen and oxygen atoms in total. The topological polar surface area (TPSA) is 66.9 Å². The summed E-state index contributed by atoms with van der Waals surface area (Å²) in [6, 6.07) is 7.15. The van der Waals surface area contributed by atoms with Crippen LogP contribution in [0.4, 0.5) is 5.69 Å². The second-order valence-corrected chi connectivity index (χ2v) is 4.22. The Balaban J connectivity index is 2.37. The van der Waals surface area contributed by atoms with E-state index >= 15 is 0 Å². The van der Waals surface area contributed by atoms with E-state index in [1.807, 2.05) is 6.92 Å². The first kappa shape index (κ1) is 10.6. The standard InChI is InChI=1S/C12H12N2O2/c1-8-2-4-10(14(15)16)6-12(8)11-5-3-9(11)7-13/h2,4,6,9,11H,3,5H2,1H3/t9-,11+/m0/s1. The Bertz CT molecular complexity index is 476. The lowest BCUT2D eigenvalue weighted by atomic mass is 9.70. The highest BCUT2D eigenvalue weighted by atomic mass is 16.6. The van der Waals surface area contributed by atoms with Crippen LogP contribution in [0.5, 0.6) is 0 Å². The minimum Gasteiger partial charge on any atom is -0.258 e. The van der Waals surface area contributed by atoms with Crippen molar-refractivity contribution in [3.05, 3.63) is 39.4 Å². The van der Waals surface area contributed by atoms with Gasteiger partial charge in [0, 0.05) is 18.1 Å². The van der Waals surface area contributed by atoms with E-state index in [9.17, 15) is 10.1 Å². The van der Waals surface area contributed by atoms with E-state index in [4.69, 9.17) is 5.26 Å². The molecule has 82 valence electrons. The van der Waals surface area contributed by atoms with Gasteiger partial charge in [0.05, 0.1) is 16.9 Å². The number of nitro groups is 1. The Hall–Kier alpha value is -1.89. The van der Waals surface area contributed by atoms with Gasteiger partial charge in [-0.3, -0.25) is 10.1 Å². The van der Waals surface area contributed by atoms with Gasteiger partial charge in [-0.05, 0) is 30.9 Å². The highest BCUT2D eigenvalue weighted by molar-refractivity contribution is 5.42. The van der Waals surface area contributed by atoms with E-state index in [2.05, 4.69) is 6.07 Å². The average Bonchev–Trinajstić information content (AvgIpc) is 2.20. The first-order chi connectivity index (χ1) is 7.63. The molecule has 0 aromatic heterocycles. The Kier molecular flexibility index (Phi) is 2.61. The van der Waals surface area contributed by atoms with Gasteiger partial charge >= 0.3 is 0 Å². The number of nitriles is 1. The van der Waals surface area contributed by atoms with Crippen molar-refractivity contribution >= 4 is 5.69 Å². The summed E-state index contributed by atoms with van der Waals surface area (Å²) in [4.78, 5) is 10.3. The van der Waals surface area contributed by atoms with Crippen LogP contribution in [0.3, 0.4) is 0 Å². The number of nitrogens with zero attached hydrogens (tertiary/aromatic N) is 2. The summed E-state index contributed by atoms with van der Waals surface area (Å²) < 4.78 is 0. The molecular weight excluding hydrogens is 204 g/mol. The summed E-state index contributed by atoms with van der Waals surface area (Å²) >= 11 is 0. The van der Waals surface area contributed by atoms with Gasteiger partial charge in [-0.25, -0.2) is 0 Å².